The van der Waals surface area contributed by atoms with Gasteiger partial charge in [-0.3, -0.25) is 9.59 Å². The monoisotopic (exact) mass is 376 g/mol. The van der Waals surface area contributed by atoms with Crippen LogP contribution in [0, 0.1) is 13.8 Å². The lowest BCUT2D eigenvalue weighted by Gasteiger charge is -2.08. The van der Waals surface area contributed by atoms with E-state index in [0.717, 1.165) is 16.7 Å². The number of carbonyl (C=O) groups excluding carboxylic acids is 2. The van der Waals surface area contributed by atoms with Gasteiger partial charge in [0.05, 0.1) is 11.3 Å². The number of sulfonamides is 1. The molecule has 0 bridgehead atoms. The van der Waals surface area contributed by atoms with Crippen LogP contribution in [-0.2, 0) is 30.8 Å². The molecule has 3 N–H and O–H groups in total. The number of hydrogen-bond donors (Lipinski definition) is 2. The van der Waals surface area contributed by atoms with Gasteiger partial charge in [-0.1, -0.05) is 18.2 Å². The summed E-state index contributed by atoms with van der Waals surface area (Å²) in [6.07, 6.45) is 0.0808. The molecule has 0 aliphatic carbocycles. The maximum atomic E-state index is 11.8. The normalized spacial score (nSPS) is 11.0. The number of primary sulfonamides is 1. The Morgan fingerprint density at radius 2 is 1.69 bits per heavy atom. The van der Waals surface area contributed by atoms with E-state index < -0.39 is 28.5 Å². The van der Waals surface area contributed by atoms with E-state index in [9.17, 15) is 18.0 Å². The number of carbonyl (C=O) groups is 2. The van der Waals surface area contributed by atoms with Crippen LogP contribution in [0.4, 0.5) is 5.69 Å². The summed E-state index contributed by atoms with van der Waals surface area (Å²) in [4.78, 5) is 23.6. The summed E-state index contributed by atoms with van der Waals surface area (Å²) in [6.45, 7) is 3.51. The predicted molar refractivity (Wildman–Crippen MR) is 97.0 cm³/mol. The topological polar surface area (TPSA) is 116 Å². The molecule has 0 fully saturated rings. The van der Waals surface area contributed by atoms with Gasteiger partial charge in [0, 0.05) is 5.69 Å². The first-order chi connectivity index (χ1) is 12.1. The van der Waals surface area contributed by atoms with E-state index in [1.54, 1.807) is 0 Å². The molecule has 8 heteroatoms. The molecule has 0 aromatic heterocycles. The maximum Gasteiger partial charge on any atom is 0.310 e. The van der Waals surface area contributed by atoms with Crippen LogP contribution in [0.1, 0.15) is 16.7 Å². The molecule has 0 unspecified atom stereocenters. The van der Waals surface area contributed by atoms with E-state index in [4.69, 9.17) is 9.88 Å². The number of nitrogens with one attached hydrogen (secondary N) is 1. The first-order valence-electron chi connectivity index (χ1n) is 7.79. The Balaban J connectivity index is 1.84. The molecule has 26 heavy (non-hydrogen) atoms. The highest BCUT2D eigenvalue weighted by Crippen LogP contribution is 2.13. The van der Waals surface area contributed by atoms with Crippen LogP contribution in [0.15, 0.2) is 47.4 Å². The van der Waals surface area contributed by atoms with Crippen LogP contribution in [0.3, 0.4) is 0 Å². The third kappa shape index (κ3) is 5.68. The zero-order chi connectivity index (χ0) is 19.3. The number of hydrogen-bond acceptors (Lipinski definition) is 5. The Bertz CT molecular complexity index is 921. The van der Waals surface area contributed by atoms with Crippen LogP contribution in [-0.4, -0.2) is 26.9 Å². The molecule has 1 amide bonds. The molecular formula is C18H20N2O5S. The Labute approximate surface area is 152 Å². The molecule has 0 spiro atoms. The van der Waals surface area contributed by atoms with Gasteiger partial charge in [-0.15, -0.1) is 0 Å². The van der Waals surface area contributed by atoms with Crippen LogP contribution in [0.2, 0.25) is 0 Å². The van der Waals surface area contributed by atoms with Gasteiger partial charge in [0.15, 0.2) is 6.61 Å². The lowest BCUT2D eigenvalue weighted by molar-refractivity contribution is -0.146. The van der Waals surface area contributed by atoms with Gasteiger partial charge in [-0.05, 0) is 54.8 Å². The number of rotatable bonds is 6. The quantitative estimate of drug-likeness (QED) is 0.744. The summed E-state index contributed by atoms with van der Waals surface area (Å²) in [6, 6.07) is 11.0. The van der Waals surface area contributed by atoms with Gasteiger partial charge in [-0.25, -0.2) is 13.6 Å². The molecule has 2 aromatic carbocycles. The molecule has 138 valence electrons. The third-order valence-electron chi connectivity index (χ3n) is 3.75. The first-order valence-corrected chi connectivity index (χ1v) is 9.34. The number of nitrogens with two attached hydrogens (primary N) is 1. The largest absolute Gasteiger partial charge is 0.455 e. The van der Waals surface area contributed by atoms with Crippen molar-refractivity contribution in [3.8, 4) is 0 Å². The highest BCUT2D eigenvalue weighted by Gasteiger charge is 2.11. The van der Waals surface area contributed by atoms with E-state index in [-0.39, 0.29) is 11.3 Å². The van der Waals surface area contributed by atoms with Crippen molar-refractivity contribution in [2.45, 2.75) is 25.2 Å². The van der Waals surface area contributed by atoms with E-state index >= 15 is 0 Å². The molecule has 0 aliphatic heterocycles. The lowest BCUT2D eigenvalue weighted by atomic mass is 10.0. The third-order valence-corrected chi connectivity index (χ3v) is 4.68. The molecule has 0 heterocycles. The van der Waals surface area contributed by atoms with Crippen molar-refractivity contribution < 1.29 is 22.7 Å². The van der Waals surface area contributed by atoms with E-state index in [1.165, 1.54) is 24.3 Å². The first kappa shape index (κ1) is 19.6. The highest BCUT2D eigenvalue weighted by molar-refractivity contribution is 7.89. The molecule has 0 saturated carbocycles. The zero-order valence-electron chi connectivity index (χ0n) is 14.5. The number of benzene rings is 2. The van der Waals surface area contributed by atoms with Crippen LogP contribution in [0.5, 0.6) is 0 Å². The van der Waals surface area contributed by atoms with Crippen LogP contribution < -0.4 is 10.5 Å². The Morgan fingerprint density at radius 1 is 1.04 bits per heavy atom. The Morgan fingerprint density at radius 3 is 2.27 bits per heavy atom. The van der Waals surface area contributed by atoms with Crippen molar-refractivity contribution in [2.24, 2.45) is 5.14 Å². The van der Waals surface area contributed by atoms with Gasteiger partial charge in [0.1, 0.15) is 0 Å². The van der Waals surface area contributed by atoms with E-state index in [2.05, 4.69) is 5.32 Å². The molecule has 2 rings (SSSR count). The van der Waals surface area contributed by atoms with Gasteiger partial charge < -0.3 is 10.1 Å². The zero-order valence-corrected chi connectivity index (χ0v) is 15.3. The molecule has 0 atom stereocenters. The van der Waals surface area contributed by atoms with Crippen molar-refractivity contribution in [2.75, 3.05) is 11.9 Å². The van der Waals surface area contributed by atoms with Gasteiger partial charge in [0.25, 0.3) is 5.91 Å². The number of aryl methyl sites for hydroxylation is 2. The molecule has 0 radical (unpaired) electrons. The van der Waals surface area contributed by atoms with Gasteiger partial charge in [0.2, 0.25) is 10.0 Å². The van der Waals surface area contributed by atoms with Crippen LogP contribution >= 0.6 is 0 Å². The predicted octanol–water partition coefficient (Wildman–Crippen LogP) is 1.68. The molecule has 2 aromatic rings. The summed E-state index contributed by atoms with van der Waals surface area (Å²) in [5.74, 6) is -1.03. The second kappa shape index (κ2) is 8.11. The van der Waals surface area contributed by atoms with E-state index in [1.807, 2.05) is 32.0 Å². The number of ether oxygens (including phenoxy) is 1. The smallest absolute Gasteiger partial charge is 0.310 e. The number of amides is 1. The second-order valence-corrected chi connectivity index (χ2v) is 7.44. The minimum absolute atomic E-state index is 0.0599. The second-order valence-electron chi connectivity index (χ2n) is 5.87. The fraction of sp³-hybridized carbons (Fsp3) is 0.222. The number of esters is 1. The molecular weight excluding hydrogens is 356 g/mol. The van der Waals surface area contributed by atoms with Crippen molar-refractivity contribution in [1.82, 2.24) is 0 Å². The number of anilines is 1. The molecule has 0 saturated heterocycles. The summed E-state index contributed by atoms with van der Waals surface area (Å²) in [5, 5.41) is 7.50. The molecule has 0 aliphatic rings. The lowest BCUT2D eigenvalue weighted by Crippen LogP contribution is -2.21. The minimum Gasteiger partial charge on any atom is -0.455 e. The molecule has 7 nitrogen and oxygen atoms in total. The van der Waals surface area contributed by atoms with E-state index in [0.29, 0.717) is 5.69 Å². The van der Waals surface area contributed by atoms with Crippen molar-refractivity contribution in [1.29, 1.82) is 0 Å². The van der Waals surface area contributed by atoms with Gasteiger partial charge in [-0.2, -0.15) is 0 Å². The van der Waals surface area contributed by atoms with Crippen molar-refractivity contribution in [3.63, 3.8) is 0 Å². The Kier molecular flexibility index (Phi) is 6.12. The fourth-order valence-electron chi connectivity index (χ4n) is 2.20. The average Bonchev–Trinajstić information content (AvgIpc) is 2.56. The average molecular weight is 376 g/mol. The van der Waals surface area contributed by atoms with Gasteiger partial charge >= 0.3 is 5.97 Å². The maximum absolute atomic E-state index is 11.8. The Hall–Kier alpha value is -2.71. The SMILES string of the molecule is Cc1ccc(CC(=O)OCC(=O)Nc2ccc(S(N)(=O)=O)cc2)cc1C. The standard InChI is InChI=1S/C18H20N2O5S/c1-12-3-4-14(9-13(12)2)10-18(22)25-11-17(21)20-15-5-7-16(8-6-15)26(19,23)24/h3-9H,10-11H2,1-2H3,(H,20,21)(H2,19,23,24). The minimum atomic E-state index is -3.79. The summed E-state index contributed by atoms with van der Waals surface area (Å²) in [7, 11) is -3.79. The van der Waals surface area contributed by atoms with Crippen molar-refractivity contribution in [3.05, 3.63) is 59.2 Å². The van der Waals surface area contributed by atoms with Crippen LogP contribution in [0.25, 0.3) is 0 Å². The fourth-order valence-corrected chi connectivity index (χ4v) is 2.72. The van der Waals surface area contributed by atoms with Crippen molar-refractivity contribution >= 4 is 27.6 Å². The highest BCUT2D eigenvalue weighted by atomic mass is 32.2. The summed E-state index contributed by atoms with van der Waals surface area (Å²) < 4.78 is 27.3. The summed E-state index contributed by atoms with van der Waals surface area (Å²) in [5.41, 5.74) is 3.40. The summed E-state index contributed by atoms with van der Waals surface area (Å²) >= 11 is 0.